The maximum atomic E-state index is 2.55. The zero-order chi connectivity index (χ0) is 12.9. The van der Waals surface area contributed by atoms with E-state index in [9.17, 15) is 0 Å². The van der Waals surface area contributed by atoms with E-state index in [0.29, 0.717) is 5.41 Å². The quantitative estimate of drug-likeness (QED) is 0.700. The van der Waals surface area contributed by atoms with Crippen molar-refractivity contribution in [3.63, 3.8) is 0 Å². The second kappa shape index (κ2) is 4.11. The third-order valence-electron chi connectivity index (χ3n) is 5.17. The number of aryl methyl sites for hydroxylation is 1. The van der Waals surface area contributed by atoms with Crippen LogP contribution in [0.15, 0.2) is 30.3 Å². The fourth-order valence-corrected chi connectivity index (χ4v) is 4.30. The van der Waals surface area contributed by atoms with Crippen LogP contribution in [0.4, 0.5) is 0 Å². The lowest BCUT2D eigenvalue weighted by Gasteiger charge is -2.44. The molecule has 100 valence electrons. The molecule has 2 aliphatic rings. The van der Waals surface area contributed by atoms with Gasteiger partial charge < -0.3 is 9.47 Å². The van der Waals surface area contributed by atoms with Crippen LogP contribution < -0.4 is 0 Å². The lowest BCUT2D eigenvalue weighted by atomic mass is 9.72. The molecule has 1 fully saturated rings. The number of para-hydroxylation sites is 1. The van der Waals surface area contributed by atoms with Crippen molar-refractivity contribution >= 4 is 10.9 Å². The molecule has 2 aromatic rings. The molecule has 0 saturated carbocycles. The molecule has 1 spiro atoms. The van der Waals surface area contributed by atoms with E-state index in [2.05, 4.69) is 46.8 Å². The Bertz CT molecular complexity index is 613. The van der Waals surface area contributed by atoms with Gasteiger partial charge in [-0.15, -0.1) is 0 Å². The predicted molar refractivity (Wildman–Crippen MR) is 79.4 cm³/mol. The first-order valence-corrected chi connectivity index (χ1v) is 7.52. The maximum Gasteiger partial charge on any atom is 0.0482 e. The second-order valence-corrected chi connectivity index (χ2v) is 6.61. The number of hydrogen-bond donors (Lipinski definition) is 0. The van der Waals surface area contributed by atoms with Gasteiger partial charge in [0.05, 0.1) is 0 Å². The highest BCUT2D eigenvalue weighted by molar-refractivity contribution is 5.81. The first kappa shape index (κ1) is 11.5. The number of rotatable bonds is 0. The Morgan fingerprint density at radius 3 is 2.89 bits per heavy atom. The molecule has 19 heavy (non-hydrogen) atoms. The average molecular weight is 254 g/mol. The molecule has 3 heterocycles. The minimum absolute atomic E-state index is 0.553. The van der Waals surface area contributed by atoms with E-state index in [4.69, 9.17) is 0 Å². The van der Waals surface area contributed by atoms with E-state index in [-0.39, 0.29) is 0 Å². The summed E-state index contributed by atoms with van der Waals surface area (Å²) in [6, 6.07) is 11.3. The number of hydrogen-bond acceptors (Lipinski definition) is 1. The molecule has 1 aromatic carbocycles. The third kappa shape index (κ3) is 1.81. The summed E-state index contributed by atoms with van der Waals surface area (Å²) in [5.74, 6) is 0. The summed E-state index contributed by atoms with van der Waals surface area (Å²) in [4.78, 5) is 2.53. The van der Waals surface area contributed by atoms with E-state index < -0.39 is 0 Å². The van der Waals surface area contributed by atoms with Crippen LogP contribution in [0.3, 0.4) is 0 Å². The van der Waals surface area contributed by atoms with Crippen molar-refractivity contribution in [3.8, 4) is 0 Å². The van der Waals surface area contributed by atoms with Gasteiger partial charge in [0.15, 0.2) is 0 Å². The van der Waals surface area contributed by atoms with E-state index in [1.165, 1.54) is 56.2 Å². The molecule has 0 aliphatic carbocycles. The Hall–Kier alpha value is -1.28. The number of likely N-dealkylation sites (tertiary alicyclic amines) is 1. The standard InChI is InChI=1S/C17H22N2/c1-18-9-4-7-17(13-18)8-10-19-15(12-17)11-14-5-2-3-6-16(14)19/h2-3,5-6,11H,4,7-10,12-13H2,1H3. The highest BCUT2D eigenvalue weighted by Crippen LogP contribution is 2.41. The van der Waals surface area contributed by atoms with E-state index in [1.807, 2.05) is 0 Å². The average Bonchev–Trinajstić information content (AvgIpc) is 2.75. The number of piperidine rings is 1. The molecule has 4 rings (SSSR count). The first-order valence-electron chi connectivity index (χ1n) is 7.52. The van der Waals surface area contributed by atoms with Crippen LogP contribution in [0.2, 0.25) is 0 Å². The molecule has 1 unspecified atom stereocenters. The fourth-order valence-electron chi connectivity index (χ4n) is 4.30. The summed E-state index contributed by atoms with van der Waals surface area (Å²) in [6.45, 7) is 3.77. The van der Waals surface area contributed by atoms with Gasteiger partial charge in [-0.3, -0.25) is 0 Å². The minimum Gasteiger partial charge on any atom is -0.345 e. The molecule has 0 amide bonds. The largest absolute Gasteiger partial charge is 0.345 e. The Labute approximate surface area is 115 Å². The van der Waals surface area contributed by atoms with E-state index in [0.717, 1.165) is 0 Å². The van der Waals surface area contributed by atoms with Gasteiger partial charge in [0.25, 0.3) is 0 Å². The number of nitrogens with zero attached hydrogens (tertiary/aromatic N) is 2. The van der Waals surface area contributed by atoms with Crippen LogP contribution in [-0.2, 0) is 13.0 Å². The Balaban J connectivity index is 1.73. The fraction of sp³-hybridized carbons (Fsp3) is 0.529. The summed E-state index contributed by atoms with van der Waals surface area (Å²) < 4.78 is 2.55. The van der Waals surface area contributed by atoms with Crippen LogP contribution in [0.5, 0.6) is 0 Å². The Morgan fingerprint density at radius 2 is 2.00 bits per heavy atom. The van der Waals surface area contributed by atoms with Crippen molar-refractivity contribution in [2.24, 2.45) is 5.41 Å². The molecule has 1 saturated heterocycles. The molecule has 0 N–H and O–H groups in total. The number of fused-ring (bicyclic) bond motifs is 3. The maximum absolute atomic E-state index is 2.55. The molecule has 2 heteroatoms. The monoisotopic (exact) mass is 254 g/mol. The van der Waals surface area contributed by atoms with Gasteiger partial charge in [-0.2, -0.15) is 0 Å². The molecule has 1 aromatic heterocycles. The van der Waals surface area contributed by atoms with Gasteiger partial charge in [0, 0.05) is 24.3 Å². The summed E-state index contributed by atoms with van der Waals surface area (Å²) >= 11 is 0. The lowest BCUT2D eigenvalue weighted by molar-refractivity contribution is 0.0817. The topological polar surface area (TPSA) is 8.17 Å². The zero-order valence-corrected chi connectivity index (χ0v) is 11.7. The number of benzene rings is 1. The van der Waals surface area contributed by atoms with Crippen LogP contribution in [0, 0.1) is 5.41 Å². The van der Waals surface area contributed by atoms with Gasteiger partial charge >= 0.3 is 0 Å². The van der Waals surface area contributed by atoms with Gasteiger partial charge in [-0.05, 0) is 62.2 Å². The first-order chi connectivity index (χ1) is 9.26. The SMILES string of the molecule is CN1CCCC2(CCn3c(cc4ccccc43)C2)C1. The minimum atomic E-state index is 0.553. The smallest absolute Gasteiger partial charge is 0.0482 e. The Kier molecular flexibility index (Phi) is 2.49. The summed E-state index contributed by atoms with van der Waals surface area (Å²) in [5.41, 5.74) is 3.54. The van der Waals surface area contributed by atoms with Crippen LogP contribution in [0.1, 0.15) is 25.0 Å². The highest BCUT2D eigenvalue weighted by atomic mass is 15.1. The predicted octanol–water partition coefficient (Wildman–Crippen LogP) is 3.30. The molecule has 0 radical (unpaired) electrons. The van der Waals surface area contributed by atoms with Gasteiger partial charge in [0.1, 0.15) is 0 Å². The van der Waals surface area contributed by atoms with Crippen molar-refractivity contribution < 1.29 is 0 Å². The van der Waals surface area contributed by atoms with E-state index in [1.54, 1.807) is 5.69 Å². The molecule has 2 aliphatic heterocycles. The summed E-state index contributed by atoms with van der Waals surface area (Å²) in [7, 11) is 2.28. The number of aromatic nitrogens is 1. The van der Waals surface area contributed by atoms with Crippen LogP contribution in [-0.4, -0.2) is 29.6 Å². The van der Waals surface area contributed by atoms with Gasteiger partial charge in [-0.25, -0.2) is 0 Å². The molecule has 0 bridgehead atoms. The van der Waals surface area contributed by atoms with Crippen molar-refractivity contribution in [2.45, 2.75) is 32.2 Å². The molecular weight excluding hydrogens is 232 g/mol. The van der Waals surface area contributed by atoms with Gasteiger partial charge in [0.2, 0.25) is 0 Å². The van der Waals surface area contributed by atoms with E-state index >= 15 is 0 Å². The summed E-state index contributed by atoms with van der Waals surface area (Å²) in [5, 5.41) is 1.42. The molecule has 2 nitrogen and oxygen atoms in total. The van der Waals surface area contributed by atoms with Crippen LogP contribution in [0.25, 0.3) is 10.9 Å². The molecular formula is C17H22N2. The highest BCUT2D eigenvalue weighted by Gasteiger charge is 2.37. The summed E-state index contributed by atoms with van der Waals surface area (Å²) in [6.07, 6.45) is 5.41. The van der Waals surface area contributed by atoms with Crippen molar-refractivity contribution in [1.82, 2.24) is 9.47 Å². The van der Waals surface area contributed by atoms with Gasteiger partial charge in [-0.1, -0.05) is 18.2 Å². The normalized spacial score (nSPS) is 27.8. The third-order valence-corrected chi connectivity index (χ3v) is 5.17. The lowest BCUT2D eigenvalue weighted by Crippen LogP contribution is -2.45. The second-order valence-electron chi connectivity index (χ2n) is 6.61. The Morgan fingerprint density at radius 1 is 1.11 bits per heavy atom. The van der Waals surface area contributed by atoms with Crippen molar-refractivity contribution in [2.75, 3.05) is 20.1 Å². The zero-order valence-electron chi connectivity index (χ0n) is 11.7. The van der Waals surface area contributed by atoms with Crippen molar-refractivity contribution in [1.29, 1.82) is 0 Å². The van der Waals surface area contributed by atoms with Crippen LogP contribution >= 0.6 is 0 Å². The van der Waals surface area contributed by atoms with Crippen molar-refractivity contribution in [3.05, 3.63) is 36.0 Å². The molecule has 1 atom stereocenters.